The molecular formula is C33H40N2O6. The van der Waals surface area contributed by atoms with Crippen molar-refractivity contribution in [2.24, 2.45) is 17.8 Å². The first kappa shape index (κ1) is 30.0. The molecule has 2 fully saturated rings. The predicted octanol–water partition coefficient (Wildman–Crippen LogP) is 6.84. The zero-order valence-corrected chi connectivity index (χ0v) is 24.9. The summed E-state index contributed by atoms with van der Waals surface area (Å²) in [5.41, 5.74) is 0.396. The largest absolute Gasteiger partial charge is 0.440 e. The lowest BCUT2D eigenvalue weighted by atomic mass is 9.77. The molecule has 2 saturated heterocycles. The van der Waals surface area contributed by atoms with Crippen LogP contribution in [-0.2, 0) is 19.1 Å². The predicted molar refractivity (Wildman–Crippen MR) is 154 cm³/mol. The van der Waals surface area contributed by atoms with E-state index in [2.05, 4.69) is 6.58 Å². The van der Waals surface area contributed by atoms with Crippen LogP contribution in [-0.4, -0.2) is 45.0 Å². The van der Waals surface area contributed by atoms with Gasteiger partial charge < -0.3 is 9.47 Å². The molecule has 0 aliphatic carbocycles. The van der Waals surface area contributed by atoms with Gasteiger partial charge in [-0.3, -0.25) is 9.59 Å². The molecular weight excluding hydrogens is 520 g/mol. The molecule has 0 aromatic heterocycles. The maximum Gasteiger partial charge on any atom is 0.417 e. The first-order valence-electron chi connectivity index (χ1n) is 14.0. The summed E-state index contributed by atoms with van der Waals surface area (Å²) in [5.74, 6) is -2.55. The Balaban J connectivity index is 1.66. The number of imide groups is 2. The molecule has 8 nitrogen and oxygen atoms in total. The second-order valence-corrected chi connectivity index (χ2v) is 12.4. The second kappa shape index (κ2) is 11.1. The normalized spacial score (nSPS) is 23.4. The van der Waals surface area contributed by atoms with Gasteiger partial charge in [0.1, 0.15) is 23.3 Å². The summed E-state index contributed by atoms with van der Waals surface area (Å²) >= 11 is 0. The minimum absolute atomic E-state index is 0.106. The van der Waals surface area contributed by atoms with Crippen molar-refractivity contribution in [3.05, 3.63) is 83.9 Å². The highest BCUT2D eigenvalue weighted by atomic mass is 16.6. The van der Waals surface area contributed by atoms with Gasteiger partial charge in [-0.25, -0.2) is 19.4 Å². The summed E-state index contributed by atoms with van der Waals surface area (Å²) in [7, 11) is 0. The molecule has 8 heteroatoms. The fraction of sp³-hybridized carbons (Fsp3) is 0.455. The Morgan fingerprint density at radius 3 is 1.66 bits per heavy atom. The zero-order valence-electron chi connectivity index (χ0n) is 24.9. The van der Waals surface area contributed by atoms with E-state index in [1.165, 1.54) is 9.80 Å². The topological polar surface area (TPSA) is 93.2 Å². The van der Waals surface area contributed by atoms with Gasteiger partial charge >= 0.3 is 12.2 Å². The van der Waals surface area contributed by atoms with Crippen molar-refractivity contribution in [3.63, 3.8) is 0 Å². The van der Waals surface area contributed by atoms with Gasteiger partial charge in [0.25, 0.3) is 0 Å². The molecule has 4 amide bonds. The maximum atomic E-state index is 14.3. The third kappa shape index (κ3) is 5.65. The number of carbonyl (C=O) groups excluding carboxylic acids is 4. The number of nitrogens with zero attached hydrogens (tertiary/aromatic N) is 2. The van der Waals surface area contributed by atoms with Gasteiger partial charge in [0, 0.05) is 12.3 Å². The number of benzene rings is 2. The Morgan fingerprint density at radius 1 is 0.805 bits per heavy atom. The molecule has 2 aliphatic rings. The summed E-state index contributed by atoms with van der Waals surface area (Å²) in [6.07, 6.45) is -1.55. The van der Waals surface area contributed by atoms with Crippen molar-refractivity contribution in [1.29, 1.82) is 0 Å². The van der Waals surface area contributed by atoms with Crippen molar-refractivity contribution in [2.45, 2.75) is 78.2 Å². The van der Waals surface area contributed by atoms with Crippen LogP contribution in [0.25, 0.3) is 0 Å². The number of ether oxygens (including phenoxy) is 2. The molecule has 0 spiro atoms. The molecule has 4 rings (SSSR count). The first-order valence-corrected chi connectivity index (χ1v) is 14.0. The van der Waals surface area contributed by atoms with Crippen molar-refractivity contribution >= 4 is 24.0 Å². The Kier molecular flexibility index (Phi) is 8.16. The summed E-state index contributed by atoms with van der Waals surface area (Å²) in [4.78, 5) is 56.7. The van der Waals surface area contributed by atoms with E-state index in [0.717, 1.165) is 16.7 Å². The van der Waals surface area contributed by atoms with E-state index < -0.39 is 59.1 Å². The maximum absolute atomic E-state index is 14.3. The van der Waals surface area contributed by atoms with Crippen molar-refractivity contribution in [2.75, 3.05) is 0 Å². The van der Waals surface area contributed by atoms with Crippen molar-refractivity contribution in [1.82, 2.24) is 9.80 Å². The van der Waals surface area contributed by atoms with Crippen LogP contribution in [0.3, 0.4) is 0 Å². The van der Waals surface area contributed by atoms with Gasteiger partial charge in [-0.1, -0.05) is 86.7 Å². The van der Waals surface area contributed by atoms with Gasteiger partial charge in [0.05, 0.1) is 0 Å². The monoisotopic (exact) mass is 560 g/mol. The van der Waals surface area contributed by atoms with Gasteiger partial charge in [0.15, 0.2) is 0 Å². The molecule has 0 unspecified atom stereocenters. The van der Waals surface area contributed by atoms with Crippen LogP contribution in [0.4, 0.5) is 9.59 Å². The number of rotatable bonds is 8. The smallest absolute Gasteiger partial charge is 0.417 e. The lowest BCUT2D eigenvalue weighted by Gasteiger charge is -2.35. The molecule has 218 valence electrons. The molecule has 2 aliphatic heterocycles. The molecule has 0 bridgehead atoms. The van der Waals surface area contributed by atoms with E-state index in [4.69, 9.17) is 9.47 Å². The first-order chi connectivity index (χ1) is 19.2. The molecule has 2 aromatic carbocycles. The minimum atomic E-state index is -0.960. The highest BCUT2D eigenvalue weighted by Gasteiger charge is 2.55. The number of cyclic esters (lactones) is 2. The lowest BCUT2D eigenvalue weighted by molar-refractivity contribution is -0.138. The fourth-order valence-corrected chi connectivity index (χ4v) is 6.25. The molecule has 2 aromatic rings. The molecule has 0 radical (unpaired) electrons. The average Bonchev–Trinajstić information content (AvgIpc) is 3.30. The van der Waals surface area contributed by atoms with Gasteiger partial charge in [-0.15, -0.1) is 0 Å². The quantitative estimate of drug-likeness (QED) is 0.328. The van der Waals surface area contributed by atoms with Crippen LogP contribution in [0, 0.1) is 17.8 Å². The van der Waals surface area contributed by atoms with E-state index in [1.54, 1.807) is 34.6 Å². The minimum Gasteiger partial charge on any atom is -0.440 e. The van der Waals surface area contributed by atoms with E-state index in [9.17, 15) is 19.2 Å². The standard InChI is InChI=1S/C33H40N2O6/c1-20(2)22(4)26(29(37)35-28(24-17-13-10-14-18-24)33(7,8)41-31(35)39)21(3)19-25(36)34-27(23-15-11-9-12-16-23)32(5,6)40-30(34)38/h9-18,21-22,26-28H,1,19H2,2-8H3/t21-,22+,26+,27+,28+/m1/s1. The highest BCUT2D eigenvalue weighted by Crippen LogP contribution is 2.45. The molecule has 2 heterocycles. The van der Waals surface area contributed by atoms with Crippen LogP contribution in [0.5, 0.6) is 0 Å². The molecule has 0 saturated carbocycles. The highest BCUT2D eigenvalue weighted by molar-refractivity contribution is 5.97. The SMILES string of the molecule is C=C(C)[C@H](C)[C@@H](C(=O)N1C(=O)OC(C)(C)[C@@H]1c1ccccc1)[C@H](C)CC(=O)N1C(=O)OC(C)(C)[C@@H]1c1ccccc1. The summed E-state index contributed by atoms with van der Waals surface area (Å²) < 4.78 is 11.3. The Labute approximate surface area is 242 Å². The summed E-state index contributed by atoms with van der Waals surface area (Å²) in [6, 6.07) is 17.3. The third-order valence-electron chi connectivity index (χ3n) is 8.38. The van der Waals surface area contributed by atoms with Gasteiger partial charge in [0.2, 0.25) is 11.8 Å². The Hall–Kier alpha value is -3.94. The Morgan fingerprint density at radius 2 is 1.22 bits per heavy atom. The van der Waals surface area contributed by atoms with E-state index >= 15 is 0 Å². The zero-order chi connectivity index (χ0) is 30.3. The van der Waals surface area contributed by atoms with E-state index in [0.29, 0.717) is 0 Å². The molecule has 5 atom stereocenters. The van der Waals surface area contributed by atoms with Crippen LogP contribution >= 0.6 is 0 Å². The number of carbonyl (C=O) groups is 4. The van der Waals surface area contributed by atoms with Crippen LogP contribution in [0.1, 0.15) is 78.1 Å². The number of amides is 4. The van der Waals surface area contributed by atoms with Crippen molar-refractivity contribution < 1.29 is 28.7 Å². The average molecular weight is 561 g/mol. The van der Waals surface area contributed by atoms with E-state index in [-0.39, 0.29) is 12.3 Å². The third-order valence-corrected chi connectivity index (χ3v) is 8.38. The van der Waals surface area contributed by atoms with Crippen molar-refractivity contribution in [3.8, 4) is 0 Å². The lowest BCUT2D eigenvalue weighted by Crippen LogP contribution is -2.46. The number of hydrogen-bond acceptors (Lipinski definition) is 6. The fourth-order valence-electron chi connectivity index (χ4n) is 6.25. The van der Waals surface area contributed by atoms with Crippen LogP contribution in [0.2, 0.25) is 0 Å². The van der Waals surface area contributed by atoms with Crippen LogP contribution in [0.15, 0.2) is 72.8 Å². The van der Waals surface area contributed by atoms with Crippen LogP contribution < -0.4 is 0 Å². The Bertz CT molecular complexity index is 1340. The summed E-state index contributed by atoms with van der Waals surface area (Å²) in [6.45, 7) is 16.7. The number of allylic oxidation sites excluding steroid dienone is 1. The molecule has 0 N–H and O–H groups in total. The van der Waals surface area contributed by atoms with Gasteiger partial charge in [-0.05, 0) is 57.6 Å². The summed E-state index contributed by atoms with van der Waals surface area (Å²) in [5, 5.41) is 0. The second-order valence-electron chi connectivity index (χ2n) is 12.4. The van der Waals surface area contributed by atoms with Gasteiger partial charge in [-0.2, -0.15) is 0 Å². The molecule has 41 heavy (non-hydrogen) atoms. The number of hydrogen-bond donors (Lipinski definition) is 0. The van der Waals surface area contributed by atoms with E-state index in [1.807, 2.05) is 74.5 Å².